The van der Waals surface area contributed by atoms with Crippen molar-refractivity contribution in [3.63, 3.8) is 0 Å². The van der Waals surface area contributed by atoms with Gasteiger partial charge in [-0.15, -0.1) is 0 Å². The van der Waals surface area contributed by atoms with E-state index in [4.69, 9.17) is 17.3 Å². The number of nitrogens with one attached hydrogen (secondary N) is 1. The molecule has 0 fully saturated rings. The monoisotopic (exact) mass is 325 g/mol. The highest BCUT2D eigenvalue weighted by Crippen LogP contribution is 2.23. The molecule has 1 aromatic carbocycles. The molecule has 2 aromatic rings. The lowest BCUT2D eigenvalue weighted by Gasteiger charge is -2.08. The lowest BCUT2D eigenvalue weighted by atomic mass is 10.1. The van der Waals surface area contributed by atoms with E-state index in [1.807, 2.05) is 0 Å². The summed E-state index contributed by atoms with van der Waals surface area (Å²) in [5.74, 6) is -0.359. The number of rotatable bonds is 2. The maximum atomic E-state index is 12.0. The zero-order valence-corrected chi connectivity index (χ0v) is 11.5. The van der Waals surface area contributed by atoms with Gasteiger partial charge in [0.1, 0.15) is 4.60 Å². The quantitative estimate of drug-likeness (QED) is 0.657. The second-order valence-electron chi connectivity index (χ2n) is 3.53. The van der Waals surface area contributed by atoms with Gasteiger partial charge in [0.05, 0.1) is 22.5 Å². The predicted octanol–water partition coefficient (Wildman–Crippen LogP) is 3.33. The van der Waals surface area contributed by atoms with Crippen LogP contribution in [0.4, 0.5) is 11.4 Å². The van der Waals surface area contributed by atoms with Crippen molar-refractivity contribution in [1.29, 1.82) is 0 Å². The van der Waals surface area contributed by atoms with Gasteiger partial charge in [-0.05, 0) is 40.2 Å². The molecule has 4 nitrogen and oxygen atoms in total. The molecule has 0 saturated heterocycles. The van der Waals surface area contributed by atoms with Crippen LogP contribution in [0.5, 0.6) is 0 Å². The Morgan fingerprint density at radius 3 is 2.72 bits per heavy atom. The number of hydrogen-bond donors (Lipinski definition) is 2. The third kappa shape index (κ3) is 2.80. The van der Waals surface area contributed by atoms with E-state index >= 15 is 0 Å². The first-order valence-corrected chi connectivity index (χ1v) is 6.22. The minimum atomic E-state index is -0.359. The van der Waals surface area contributed by atoms with Crippen LogP contribution in [0.3, 0.4) is 0 Å². The van der Waals surface area contributed by atoms with Crippen molar-refractivity contribution >= 4 is 44.8 Å². The molecule has 0 atom stereocenters. The summed E-state index contributed by atoms with van der Waals surface area (Å²) in [6.45, 7) is 0. The summed E-state index contributed by atoms with van der Waals surface area (Å²) in [6.07, 6.45) is 1.54. The van der Waals surface area contributed by atoms with Crippen LogP contribution < -0.4 is 11.1 Å². The Balaban J connectivity index is 2.25. The van der Waals surface area contributed by atoms with Gasteiger partial charge in [-0.2, -0.15) is 0 Å². The molecule has 0 saturated carbocycles. The second kappa shape index (κ2) is 5.37. The summed E-state index contributed by atoms with van der Waals surface area (Å²) in [4.78, 5) is 16.0. The molecule has 92 valence electrons. The van der Waals surface area contributed by atoms with Gasteiger partial charge in [0.15, 0.2) is 0 Å². The van der Waals surface area contributed by atoms with Gasteiger partial charge in [-0.25, -0.2) is 4.98 Å². The van der Waals surface area contributed by atoms with Gasteiger partial charge < -0.3 is 11.1 Å². The van der Waals surface area contributed by atoms with E-state index in [1.165, 1.54) is 6.20 Å². The van der Waals surface area contributed by atoms with Crippen LogP contribution in [-0.4, -0.2) is 10.9 Å². The van der Waals surface area contributed by atoms with Crippen LogP contribution in [0.15, 0.2) is 41.1 Å². The number of aromatic nitrogens is 1. The molecular weight excluding hydrogens is 318 g/mol. The predicted molar refractivity (Wildman–Crippen MR) is 75.8 cm³/mol. The third-order valence-corrected chi connectivity index (χ3v) is 3.04. The van der Waals surface area contributed by atoms with Crippen molar-refractivity contribution in [3.05, 3.63) is 51.7 Å². The minimum Gasteiger partial charge on any atom is -0.398 e. The molecule has 0 aliphatic carbocycles. The van der Waals surface area contributed by atoms with E-state index in [1.54, 1.807) is 30.3 Å². The van der Waals surface area contributed by atoms with Gasteiger partial charge >= 0.3 is 0 Å². The average Bonchev–Trinajstić information content (AvgIpc) is 2.32. The molecule has 2 rings (SSSR count). The zero-order valence-electron chi connectivity index (χ0n) is 9.15. The largest absolute Gasteiger partial charge is 0.398 e. The van der Waals surface area contributed by atoms with Crippen LogP contribution in [-0.2, 0) is 0 Å². The Kier molecular flexibility index (Phi) is 3.84. The number of halogens is 2. The van der Waals surface area contributed by atoms with Crippen molar-refractivity contribution in [2.45, 2.75) is 0 Å². The lowest BCUT2D eigenvalue weighted by Crippen LogP contribution is -2.14. The first-order valence-electron chi connectivity index (χ1n) is 5.05. The maximum Gasteiger partial charge on any atom is 0.259 e. The number of carbonyl (C=O) groups is 1. The molecule has 1 heterocycles. The van der Waals surface area contributed by atoms with Crippen molar-refractivity contribution in [2.24, 2.45) is 0 Å². The molecule has 18 heavy (non-hydrogen) atoms. The molecule has 0 radical (unpaired) electrons. The molecule has 0 bridgehead atoms. The number of pyridine rings is 1. The third-order valence-electron chi connectivity index (χ3n) is 2.26. The van der Waals surface area contributed by atoms with Gasteiger partial charge in [-0.3, -0.25) is 4.79 Å². The summed E-state index contributed by atoms with van der Waals surface area (Å²) in [5, 5.41) is 3.00. The fourth-order valence-corrected chi connectivity index (χ4v) is 1.93. The summed E-state index contributed by atoms with van der Waals surface area (Å²) < 4.78 is 0.692. The normalized spacial score (nSPS) is 10.1. The first-order chi connectivity index (χ1) is 8.58. The Hall–Kier alpha value is -1.59. The Morgan fingerprint density at radius 1 is 1.33 bits per heavy atom. The minimum absolute atomic E-state index is 0.266. The second-order valence-corrected chi connectivity index (χ2v) is 4.75. The lowest BCUT2D eigenvalue weighted by molar-refractivity contribution is 0.102. The van der Waals surface area contributed by atoms with Crippen LogP contribution in [0.2, 0.25) is 5.02 Å². The van der Waals surface area contributed by atoms with E-state index in [9.17, 15) is 4.79 Å². The van der Waals surface area contributed by atoms with Crippen LogP contribution in [0.1, 0.15) is 10.4 Å². The van der Waals surface area contributed by atoms with Crippen molar-refractivity contribution in [3.8, 4) is 0 Å². The van der Waals surface area contributed by atoms with Crippen LogP contribution >= 0.6 is 27.5 Å². The highest BCUT2D eigenvalue weighted by Gasteiger charge is 2.13. The SMILES string of the molecule is Nc1cccc(Cl)c1C(=O)Nc1ccc(Br)nc1. The number of nitrogens with zero attached hydrogens (tertiary/aromatic N) is 1. The number of carbonyl (C=O) groups excluding carboxylic acids is 1. The number of amides is 1. The topological polar surface area (TPSA) is 68.0 Å². The van der Waals surface area contributed by atoms with Gasteiger partial charge in [0.25, 0.3) is 5.91 Å². The smallest absolute Gasteiger partial charge is 0.259 e. The molecular formula is C12H9BrClN3O. The summed E-state index contributed by atoms with van der Waals surface area (Å²) in [5.41, 5.74) is 6.91. The number of anilines is 2. The highest BCUT2D eigenvalue weighted by atomic mass is 79.9. The van der Waals surface area contributed by atoms with E-state index < -0.39 is 0 Å². The van der Waals surface area contributed by atoms with Crippen molar-refractivity contribution in [1.82, 2.24) is 4.98 Å². The van der Waals surface area contributed by atoms with Crippen LogP contribution in [0, 0.1) is 0 Å². The van der Waals surface area contributed by atoms with E-state index in [2.05, 4.69) is 26.2 Å². The van der Waals surface area contributed by atoms with Gasteiger partial charge in [0, 0.05) is 5.69 Å². The summed E-state index contributed by atoms with van der Waals surface area (Å²) >= 11 is 9.17. The van der Waals surface area contributed by atoms with E-state index in [0.717, 1.165) is 0 Å². The number of nitrogens with two attached hydrogens (primary N) is 1. The molecule has 6 heteroatoms. The highest BCUT2D eigenvalue weighted by molar-refractivity contribution is 9.10. The van der Waals surface area contributed by atoms with E-state index in [-0.39, 0.29) is 11.5 Å². The standard InChI is InChI=1S/C12H9BrClN3O/c13-10-5-4-7(6-16-10)17-12(18)11-8(14)2-1-3-9(11)15/h1-6H,15H2,(H,17,18). The molecule has 0 aliphatic rings. The Bertz CT molecular complexity index is 566. The van der Waals surface area contributed by atoms with Gasteiger partial charge in [-0.1, -0.05) is 17.7 Å². The Labute approximate surface area is 117 Å². The summed E-state index contributed by atoms with van der Waals surface area (Å²) in [7, 11) is 0. The fourth-order valence-electron chi connectivity index (χ4n) is 1.42. The van der Waals surface area contributed by atoms with E-state index in [0.29, 0.717) is 21.0 Å². The molecule has 0 spiro atoms. The number of benzene rings is 1. The molecule has 0 aliphatic heterocycles. The summed E-state index contributed by atoms with van der Waals surface area (Å²) in [6, 6.07) is 8.39. The molecule has 3 N–H and O–H groups in total. The first kappa shape index (κ1) is 12.9. The Morgan fingerprint density at radius 2 is 2.11 bits per heavy atom. The molecule has 1 aromatic heterocycles. The number of nitrogen functional groups attached to an aromatic ring is 1. The number of hydrogen-bond acceptors (Lipinski definition) is 3. The molecule has 1 amide bonds. The fraction of sp³-hybridized carbons (Fsp3) is 0. The van der Waals surface area contributed by atoms with Crippen molar-refractivity contribution in [2.75, 3.05) is 11.1 Å². The van der Waals surface area contributed by atoms with Gasteiger partial charge in [0.2, 0.25) is 0 Å². The average molecular weight is 327 g/mol. The van der Waals surface area contributed by atoms with Crippen molar-refractivity contribution < 1.29 is 4.79 Å². The van der Waals surface area contributed by atoms with Crippen LogP contribution in [0.25, 0.3) is 0 Å². The molecule has 0 unspecified atom stereocenters. The zero-order chi connectivity index (χ0) is 13.1. The maximum absolute atomic E-state index is 12.0.